The Balaban J connectivity index is 3.25. The summed E-state index contributed by atoms with van der Waals surface area (Å²) in [5.74, 6) is -1.56. The van der Waals surface area contributed by atoms with E-state index in [0.717, 1.165) is 11.6 Å². The van der Waals surface area contributed by atoms with E-state index in [0.29, 0.717) is 16.2 Å². The van der Waals surface area contributed by atoms with Crippen LogP contribution in [0.2, 0.25) is 0 Å². The third kappa shape index (κ3) is 1.85. The molecule has 0 amide bonds. The topological polar surface area (TPSA) is 0 Å². The van der Waals surface area contributed by atoms with Crippen LogP contribution in [0.15, 0.2) is 12.1 Å². The van der Waals surface area contributed by atoms with Gasteiger partial charge in [0.05, 0.1) is 0 Å². The highest BCUT2D eigenvalue weighted by molar-refractivity contribution is 9.09. The molecule has 0 N–H and O–H groups in total. The third-order valence-corrected chi connectivity index (χ3v) is 2.74. The lowest BCUT2D eigenvalue weighted by Gasteiger charge is -2.05. The van der Waals surface area contributed by atoms with Gasteiger partial charge < -0.3 is 0 Å². The van der Waals surface area contributed by atoms with Crippen molar-refractivity contribution in [3.63, 3.8) is 0 Å². The monoisotopic (exact) mass is 298 g/mol. The lowest BCUT2D eigenvalue weighted by molar-refractivity contribution is 0.501. The largest absolute Gasteiger partial charge is 0.204 e. The van der Waals surface area contributed by atoms with E-state index >= 15 is 0 Å². The standard InChI is InChI=1S/C8H6Br2F2/c9-3-5-1-2-7(11)8(12)6(5)4-10/h1-2H,3-4H2. The van der Waals surface area contributed by atoms with Gasteiger partial charge >= 0.3 is 0 Å². The molecule has 0 aliphatic rings. The second-order valence-electron chi connectivity index (χ2n) is 2.27. The Hall–Kier alpha value is 0.0400. The van der Waals surface area contributed by atoms with Crippen LogP contribution in [0, 0.1) is 11.6 Å². The van der Waals surface area contributed by atoms with Crippen LogP contribution in [-0.4, -0.2) is 0 Å². The molecule has 1 rings (SSSR count). The molecule has 0 spiro atoms. The molecule has 0 radical (unpaired) electrons. The van der Waals surface area contributed by atoms with Crippen LogP contribution >= 0.6 is 31.9 Å². The van der Waals surface area contributed by atoms with Gasteiger partial charge in [-0.25, -0.2) is 8.78 Å². The fraction of sp³-hybridized carbons (Fsp3) is 0.250. The number of halogens is 4. The van der Waals surface area contributed by atoms with E-state index in [1.54, 1.807) is 6.07 Å². The van der Waals surface area contributed by atoms with Crippen molar-refractivity contribution >= 4 is 31.9 Å². The predicted octanol–water partition coefficient (Wildman–Crippen LogP) is 3.75. The molecule has 0 saturated heterocycles. The van der Waals surface area contributed by atoms with Crippen molar-refractivity contribution in [2.75, 3.05) is 0 Å². The summed E-state index contributed by atoms with van der Waals surface area (Å²) in [5.41, 5.74) is 1.15. The summed E-state index contributed by atoms with van der Waals surface area (Å²) in [6.45, 7) is 0. The maximum absolute atomic E-state index is 13.0. The maximum atomic E-state index is 13.0. The SMILES string of the molecule is Fc1ccc(CBr)c(CBr)c1F. The first-order chi connectivity index (χ1) is 5.70. The molecule has 1 aromatic carbocycles. The van der Waals surface area contributed by atoms with Gasteiger partial charge in [-0.2, -0.15) is 0 Å². The molecule has 0 fully saturated rings. The highest BCUT2D eigenvalue weighted by Gasteiger charge is 2.10. The third-order valence-electron chi connectivity index (χ3n) is 1.57. The molecular weight excluding hydrogens is 294 g/mol. The first-order valence-electron chi connectivity index (χ1n) is 3.28. The molecule has 66 valence electrons. The zero-order valence-electron chi connectivity index (χ0n) is 6.08. The van der Waals surface area contributed by atoms with Crippen molar-refractivity contribution in [1.29, 1.82) is 0 Å². The van der Waals surface area contributed by atoms with Gasteiger partial charge in [0.2, 0.25) is 0 Å². The number of alkyl halides is 2. The van der Waals surface area contributed by atoms with E-state index in [4.69, 9.17) is 0 Å². The van der Waals surface area contributed by atoms with E-state index in [9.17, 15) is 8.78 Å². The Kier molecular flexibility index (Phi) is 3.65. The fourth-order valence-corrected chi connectivity index (χ4v) is 2.03. The van der Waals surface area contributed by atoms with Gasteiger partial charge in [0, 0.05) is 16.2 Å². The van der Waals surface area contributed by atoms with Crippen LogP contribution in [-0.2, 0) is 10.7 Å². The number of rotatable bonds is 2. The summed E-state index contributed by atoms with van der Waals surface area (Å²) in [5, 5.41) is 0.864. The van der Waals surface area contributed by atoms with Crippen molar-refractivity contribution in [3.05, 3.63) is 34.9 Å². The summed E-state index contributed by atoms with van der Waals surface area (Å²) in [4.78, 5) is 0. The van der Waals surface area contributed by atoms with E-state index in [-0.39, 0.29) is 0 Å². The fourth-order valence-electron chi connectivity index (χ4n) is 0.902. The summed E-state index contributed by atoms with van der Waals surface area (Å²) in [7, 11) is 0. The Morgan fingerprint density at radius 3 is 2.25 bits per heavy atom. The van der Waals surface area contributed by atoms with Crippen LogP contribution in [0.1, 0.15) is 11.1 Å². The molecule has 0 aliphatic heterocycles. The van der Waals surface area contributed by atoms with E-state index in [2.05, 4.69) is 31.9 Å². The van der Waals surface area contributed by atoms with Gasteiger partial charge in [0.1, 0.15) is 0 Å². The van der Waals surface area contributed by atoms with Crippen LogP contribution in [0.3, 0.4) is 0 Å². The average Bonchev–Trinajstić information content (AvgIpc) is 2.09. The second kappa shape index (κ2) is 4.33. The summed E-state index contributed by atoms with van der Waals surface area (Å²) in [6.07, 6.45) is 0. The van der Waals surface area contributed by atoms with Crippen molar-refractivity contribution < 1.29 is 8.78 Å². The Labute approximate surface area is 86.2 Å². The van der Waals surface area contributed by atoms with Crippen molar-refractivity contribution in [2.24, 2.45) is 0 Å². The van der Waals surface area contributed by atoms with Crippen molar-refractivity contribution in [2.45, 2.75) is 10.7 Å². The molecule has 0 heterocycles. The summed E-state index contributed by atoms with van der Waals surface area (Å²) >= 11 is 6.30. The Morgan fingerprint density at radius 1 is 1.08 bits per heavy atom. The molecule has 12 heavy (non-hydrogen) atoms. The minimum absolute atomic E-state index is 0.331. The molecule has 4 heteroatoms. The molecule has 0 atom stereocenters. The van der Waals surface area contributed by atoms with Gasteiger partial charge in [-0.15, -0.1) is 0 Å². The lowest BCUT2D eigenvalue weighted by Crippen LogP contribution is -1.96. The maximum Gasteiger partial charge on any atom is 0.163 e. The van der Waals surface area contributed by atoms with Gasteiger partial charge in [0.15, 0.2) is 11.6 Å². The van der Waals surface area contributed by atoms with Gasteiger partial charge in [0.25, 0.3) is 0 Å². The number of benzene rings is 1. The molecule has 0 saturated carbocycles. The van der Waals surface area contributed by atoms with Crippen molar-refractivity contribution in [3.8, 4) is 0 Å². The highest BCUT2D eigenvalue weighted by atomic mass is 79.9. The smallest absolute Gasteiger partial charge is 0.163 e. The first kappa shape index (κ1) is 10.1. The Morgan fingerprint density at radius 2 is 1.75 bits per heavy atom. The van der Waals surface area contributed by atoms with E-state index in [1.165, 1.54) is 0 Å². The van der Waals surface area contributed by atoms with Crippen LogP contribution in [0.5, 0.6) is 0 Å². The molecule has 0 nitrogen and oxygen atoms in total. The van der Waals surface area contributed by atoms with Gasteiger partial charge in [-0.05, 0) is 11.6 Å². The number of hydrogen-bond acceptors (Lipinski definition) is 0. The number of hydrogen-bond donors (Lipinski definition) is 0. The summed E-state index contributed by atoms with van der Waals surface area (Å²) < 4.78 is 25.7. The lowest BCUT2D eigenvalue weighted by atomic mass is 10.1. The second-order valence-corrected chi connectivity index (χ2v) is 3.39. The molecule has 0 aromatic heterocycles. The molecule has 1 aromatic rings. The highest BCUT2D eigenvalue weighted by Crippen LogP contribution is 2.21. The quantitative estimate of drug-likeness (QED) is 0.730. The van der Waals surface area contributed by atoms with Crippen LogP contribution in [0.25, 0.3) is 0 Å². The molecule has 0 aliphatic carbocycles. The molecule has 0 bridgehead atoms. The van der Waals surface area contributed by atoms with Gasteiger partial charge in [-0.3, -0.25) is 0 Å². The van der Waals surface area contributed by atoms with Crippen molar-refractivity contribution in [1.82, 2.24) is 0 Å². The summed E-state index contributed by atoms with van der Waals surface area (Å²) in [6, 6.07) is 2.71. The zero-order chi connectivity index (χ0) is 9.14. The minimum atomic E-state index is -0.797. The average molecular weight is 300 g/mol. The minimum Gasteiger partial charge on any atom is -0.204 e. The van der Waals surface area contributed by atoms with E-state index < -0.39 is 11.6 Å². The first-order valence-corrected chi connectivity index (χ1v) is 5.52. The van der Waals surface area contributed by atoms with Crippen LogP contribution < -0.4 is 0 Å². The molecular formula is C8H6Br2F2. The molecule has 0 unspecified atom stereocenters. The van der Waals surface area contributed by atoms with E-state index in [1.807, 2.05) is 0 Å². The Bertz CT molecular complexity index is 287. The normalized spacial score (nSPS) is 10.3. The predicted molar refractivity (Wildman–Crippen MR) is 51.6 cm³/mol. The van der Waals surface area contributed by atoms with Crippen LogP contribution in [0.4, 0.5) is 8.78 Å². The zero-order valence-corrected chi connectivity index (χ0v) is 9.25. The van der Waals surface area contributed by atoms with Gasteiger partial charge in [-0.1, -0.05) is 37.9 Å².